The van der Waals surface area contributed by atoms with E-state index in [2.05, 4.69) is 43.4 Å². The van der Waals surface area contributed by atoms with Crippen LogP contribution >= 0.6 is 0 Å². The van der Waals surface area contributed by atoms with E-state index in [0.717, 1.165) is 33.7 Å². The monoisotopic (exact) mass is 369 g/mol. The van der Waals surface area contributed by atoms with Crippen molar-refractivity contribution in [3.63, 3.8) is 0 Å². The fourth-order valence-corrected chi connectivity index (χ4v) is 3.13. The Morgan fingerprint density at radius 1 is 0.821 bits per heavy atom. The molecule has 0 saturated carbocycles. The third-order valence-electron chi connectivity index (χ3n) is 4.79. The van der Waals surface area contributed by atoms with Gasteiger partial charge in [-0.25, -0.2) is 9.97 Å². The van der Waals surface area contributed by atoms with Gasteiger partial charge in [0.1, 0.15) is 11.6 Å². The van der Waals surface area contributed by atoms with E-state index in [0.29, 0.717) is 11.7 Å². The second kappa shape index (κ2) is 7.69. The lowest BCUT2D eigenvalue weighted by atomic mass is 10.0. The van der Waals surface area contributed by atoms with Gasteiger partial charge < -0.3 is 10.1 Å². The predicted molar refractivity (Wildman–Crippen MR) is 115 cm³/mol. The van der Waals surface area contributed by atoms with Crippen LogP contribution in [0.3, 0.4) is 0 Å². The first kappa shape index (κ1) is 18.0. The van der Waals surface area contributed by atoms with E-state index in [-0.39, 0.29) is 0 Å². The molecule has 0 radical (unpaired) electrons. The maximum atomic E-state index is 5.25. The number of hydrogen-bond donors (Lipinski definition) is 1. The average Bonchev–Trinajstić information content (AvgIpc) is 2.74. The molecule has 1 aromatic heterocycles. The van der Waals surface area contributed by atoms with E-state index in [1.807, 2.05) is 48.5 Å². The molecule has 28 heavy (non-hydrogen) atoms. The van der Waals surface area contributed by atoms with Gasteiger partial charge in [-0.1, -0.05) is 38.1 Å². The number of para-hydroxylation sites is 1. The van der Waals surface area contributed by atoms with E-state index >= 15 is 0 Å². The third kappa shape index (κ3) is 3.67. The number of aromatic nitrogens is 2. The Kier molecular flexibility index (Phi) is 4.94. The van der Waals surface area contributed by atoms with Crippen molar-refractivity contribution in [2.75, 3.05) is 12.4 Å². The molecular formula is C24H23N3O. The number of ether oxygens (including phenoxy) is 1. The lowest BCUT2D eigenvalue weighted by molar-refractivity contribution is 0.415. The van der Waals surface area contributed by atoms with Gasteiger partial charge in [-0.2, -0.15) is 0 Å². The van der Waals surface area contributed by atoms with Crippen LogP contribution in [0.4, 0.5) is 11.5 Å². The number of nitrogens with zero attached hydrogens (tertiary/aromatic N) is 2. The highest BCUT2D eigenvalue weighted by Gasteiger charge is 2.10. The maximum Gasteiger partial charge on any atom is 0.162 e. The van der Waals surface area contributed by atoms with Gasteiger partial charge in [0, 0.05) is 16.6 Å². The SMILES string of the molecule is COc1ccc(-c2nc(Nc3ccc(C(C)C)cc3)c3ccccc3n2)cc1. The maximum absolute atomic E-state index is 5.25. The number of fused-ring (bicyclic) bond motifs is 1. The highest BCUT2D eigenvalue weighted by Crippen LogP contribution is 2.28. The molecule has 3 aromatic carbocycles. The van der Waals surface area contributed by atoms with Gasteiger partial charge in [0.05, 0.1) is 12.6 Å². The van der Waals surface area contributed by atoms with E-state index < -0.39 is 0 Å². The fourth-order valence-electron chi connectivity index (χ4n) is 3.13. The van der Waals surface area contributed by atoms with Crippen LogP contribution in [-0.4, -0.2) is 17.1 Å². The fraction of sp³-hybridized carbons (Fsp3) is 0.167. The summed E-state index contributed by atoms with van der Waals surface area (Å²) in [6, 6.07) is 24.3. The van der Waals surface area contributed by atoms with Crippen LogP contribution in [0.25, 0.3) is 22.3 Å². The Labute approximate surface area is 165 Å². The number of nitrogens with one attached hydrogen (secondary N) is 1. The molecule has 4 heteroatoms. The summed E-state index contributed by atoms with van der Waals surface area (Å²) in [5.41, 5.74) is 4.18. The Bertz CT molecular complexity index is 1090. The van der Waals surface area contributed by atoms with E-state index in [1.165, 1.54) is 5.56 Å². The van der Waals surface area contributed by atoms with Crippen LogP contribution in [0.2, 0.25) is 0 Å². The van der Waals surface area contributed by atoms with Crippen LogP contribution in [0.5, 0.6) is 5.75 Å². The molecule has 0 aliphatic heterocycles. The number of anilines is 2. The minimum atomic E-state index is 0.510. The van der Waals surface area contributed by atoms with Crippen molar-refractivity contribution in [3.05, 3.63) is 78.4 Å². The van der Waals surface area contributed by atoms with Crippen molar-refractivity contribution in [2.24, 2.45) is 0 Å². The molecule has 0 saturated heterocycles. The summed E-state index contributed by atoms with van der Waals surface area (Å²) in [5, 5.41) is 4.46. The van der Waals surface area contributed by atoms with E-state index in [9.17, 15) is 0 Å². The summed E-state index contributed by atoms with van der Waals surface area (Å²) < 4.78 is 5.25. The Hall–Kier alpha value is -3.40. The van der Waals surface area contributed by atoms with Gasteiger partial charge in [0.15, 0.2) is 5.82 Å². The van der Waals surface area contributed by atoms with Crippen LogP contribution in [-0.2, 0) is 0 Å². The molecule has 0 unspecified atom stereocenters. The average molecular weight is 369 g/mol. The lowest BCUT2D eigenvalue weighted by Gasteiger charge is -2.12. The smallest absolute Gasteiger partial charge is 0.162 e. The van der Waals surface area contributed by atoms with Crippen LogP contribution < -0.4 is 10.1 Å². The zero-order valence-corrected chi connectivity index (χ0v) is 16.3. The number of rotatable bonds is 5. The normalized spacial score (nSPS) is 11.0. The molecule has 4 rings (SSSR count). The molecule has 0 spiro atoms. The third-order valence-corrected chi connectivity index (χ3v) is 4.79. The molecule has 140 valence electrons. The van der Waals surface area contributed by atoms with Crippen molar-refractivity contribution in [2.45, 2.75) is 19.8 Å². The quantitative estimate of drug-likeness (QED) is 0.457. The van der Waals surface area contributed by atoms with Gasteiger partial charge >= 0.3 is 0 Å². The largest absolute Gasteiger partial charge is 0.497 e. The molecule has 0 aliphatic carbocycles. The topological polar surface area (TPSA) is 47.0 Å². The Morgan fingerprint density at radius 2 is 1.54 bits per heavy atom. The van der Waals surface area contributed by atoms with Crippen LogP contribution in [0.1, 0.15) is 25.3 Å². The van der Waals surface area contributed by atoms with Crippen molar-refractivity contribution in [1.29, 1.82) is 0 Å². The molecule has 0 fully saturated rings. The first-order chi connectivity index (χ1) is 13.6. The molecule has 0 atom stereocenters. The minimum Gasteiger partial charge on any atom is -0.497 e. The van der Waals surface area contributed by atoms with Crippen molar-refractivity contribution >= 4 is 22.4 Å². The molecule has 4 nitrogen and oxygen atoms in total. The highest BCUT2D eigenvalue weighted by molar-refractivity contribution is 5.92. The van der Waals surface area contributed by atoms with Gasteiger partial charge in [-0.15, -0.1) is 0 Å². The zero-order chi connectivity index (χ0) is 19.5. The second-order valence-electron chi connectivity index (χ2n) is 7.04. The predicted octanol–water partition coefficient (Wildman–Crippen LogP) is 6.17. The first-order valence-electron chi connectivity index (χ1n) is 9.42. The lowest BCUT2D eigenvalue weighted by Crippen LogP contribution is -1.99. The highest BCUT2D eigenvalue weighted by atomic mass is 16.5. The van der Waals surface area contributed by atoms with Crippen LogP contribution in [0, 0.1) is 0 Å². The second-order valence-corrected chi connectivity index (χ2v) is 7.04. The number of benzene rings is 3. The number of hydrogen-bond acceptors (Lipinski definition) is 4. The molecule has 4 aromatic rings. The summed E-state index contributed by atoms with van der Waals surface area (Å²) in [6.45, 7) is 4.39. The summed E-state index contributed by atoms with van der Waals surface area (Å²) >= 11 is 0. The van der Waals surface area contributed by atoms with E-state index in [4.69, 9.17) is 14.7 Å². The zero-order valence-electron chi connectivity index (χ0n) is 16.3. The molecule has 0 aliphatic rings. The molecular weight excluding hydrogens is 346 g/mol. The molecule has 1 heterocycles. The van der Waals surface area contributed by atoms with Gasteiger partial charge in [-0.05, 0) is 60.0 Å². The summed E-state index contributed by atoms with van der Waals surface area (Å²) in [7, 11) is 1.66. The van der Waals surface area contributed by atoms with Gasteiger partial charge in [-0.3, -0.25) is 0 Å². The number of methoxy groups -OCH3 is 1. The molecule has 0 bridgehead atoms. The summed E-state index contributed by atoms with van der Waals surface area (Å²) in [6.07, 6.45) is 0. The van der Waals surface area contributed by atoms with Crippen molar-refractivity contribution in [1.82, 2.24) is 9.97 Å². The first-order valence-corrected chi connectivity index (χ1v) is 9.42. The van der Waals surface area contributed by atoms with Gasteiger partial charge in [0.25, 0.3) is 0 Å². The Balaban J connectivity index is 1.75. The standard InChI is InChI=1S/C24H23N3O/c1-16(2)17-8-12-19(13-9-17)25-24-21-6-4-5-7-22(21)26-23(27-24)18-10-14-20(28-3)15-11-18/h4-16H,1-3H3,(H,25,26,27). The van der Waals surface area contributed by atoms with Crippen LogP contribution in [0.15, 0.2) is 72.8 Å². The summed E-state index contributed by atoms with van der Waals surface area (Å²) in [5.74, 6) is 2.81. The van der Waals surface area contributed by atoms with E-state index in [1.54, 1.807) is 7.11 Å². The summed E-state index contributed by atoms with van der Waals surface area (Å²) in [4.78, 5) is 9.57. The van der Waals surface area contributed by atoms with Gasteiger partial charge in [0.2, 0.25) is 0 Å². The molecule has 1 N–H and O–H groups in total. The van der Waals surface area contributed by atoms with Crippen molar-refractivity contribution < 1.29 is 4.74 Å². The van der Waals surface area contributed by atoms with Crippen molar-refractivity contribution in [3.8, 4) is 17.1 Å². The minimum absolute atomic E-state index is 0.510. The molecule has 0 amide bonds. The Morgan fingerprint density at radius 3 is 2.21 bits per heavy atom.